The van der Waals surface area contributed by atoms with Gasteiger partial charge in [-0.25, -0.2) is 0 Å². The molecule has 1 N–H and O–H groups in total. The molecule has 0 aliphatic carbocycles. The van der Waals surface area contributed by atoms with E-state index in [0.29, 0.717) is 24.6 Å². The molecular weight excluding hydrogens is 313 g/mol. The summed E-state index contributed by atoms with van der Waals surface area (Å²) >= 11 is 6.12. The van der Waals surface area contributed by atoms with Crippen LogP contribution in [-0.2, 0) is 17.6 Å². The van der Waals surface area contributed by atoms with Crippen LogP contribution in [0.4, 0.5) is 0 Å². The van der Waals surface area contributed by atoms with Crippen LogP contribution in [0.1, 0.15) is 17.3 Å². The third-order valence-electron chi connectivity index (χ3n) is 3.22. The molecule has 3 rings (SSSR count). The Morgan fingerprint density at radius 3 is 2.95 bits per heavy atom. The van der Waals surface area contributed by atoms with Crippen LogP contribution in [0.5, 0.6) is 0 Å². The summed E-state index contributed by atoms with van der Waals surface area (Å²) in [7, 11) is 0. The number of hydrogen-bond donors (Lipinski definition) is 1. The van der Waals surface area contributed by atoms with Crippen molar-refractivity contribution in [2.24, 2.45) is 0 Å². The second-order valence-electron chi connectivity index (χ2n) is 4.77. The van der Waals surface area contributed by atoms with Crippen molar-refractivity contribution in [2.75, 3.05) is 19.7 Å². The number of nitrogens with zero attached hydrogens (tertiary/aromatic N) is 2. The maximum atomic E-state index is 6.12. The van der Waals surface area contributed by atoms with E-state index in [2.05, 4.69) is 15.5 Å². The Morgan fingerprint density at radius 2 is 2.19 bits per heavy atom. The molecule has 21 heavy (non-hydrogen) atoms. The van der Waals surface area contributed by atoms with E-state index in [9.17, 15) is 0 Å². The number of rotatable bonds is 4. The lowest BCUT2D eigenvalue weighted by Crippen LogP contribution is -2.39. The zero-order valence-corrected chi connectivity index (χ0v) is 13.0. The molecule has 1 aliphatic rings. The van der Waals surface area contributed by atoms with Gasteiger partial charge < -0.3 is 14.6 Å². The molecule has 0 radical (unpaired) electrons. The van der Waals surface area contributed by atoms with Gasteiger partial charge in [0.2, 0.25) is 5.89 Å². The first-order chi connectivity index (χ1) is 9.81. The molecule has 1 aromatic carbocycles. The highest BCUT2D eigenvalue weighted by Crippen LogP contribution is 2.18. The molecule has 0 bridgehead atoms. The van der Waals surface area contributed by atoms with Crippen molar-refractivity contribution >= 4 is 24.0 Å². The van der Waals surface area contributed by atoms with Gasteiger partial charge in [-0.3, -0.25) is 0 Å². The maximum Gasteiger partial charge on any atom is 0.229 e. The van der Waals surface area contributed by atoms with Crippen molar-refractivity contribution in [2.45, 2.75) is 18.9 Å². The maximum absolute atomic E-state index is 6.12. The van der Waals surface area contributed by atoms with Crippen LogP contribution in [0, 0.1) is 0 Å². The van der Waals surface area contributed by atoms with Crippen LogP contribution >= 0.6 is 24.0 Å². The second kappa shape index (κ2) is 7.75. The van der Waals surface area contributed by atoms with E-state index in [1.807, 2.05) is 24.3 Å². The summed E-state index contributed by atoms with van der Waals surface area (Å²) in [6.07, 6.45) is 1.33. The highest BCUT2D eigenvalue weighted by molar-refractivity contribution is 6.31. The zero-order valence-electron chi connectivity index (χ0n) is 11.4. The Bertz CT molecular complexity index is 571. The molecule has 1 saturated heterocycles. The van der Waals surface area contributed by atoms with Crippen molar-refractivity contribution in [3.63, 3.8) is 0 Å². The predicted molar refractivity (Wildman–Crippen MR) is 82.1 cm³/mol. The molecule has 7 heteroatoms. The Morgan fingerprint density at radius 1 is 1.33 bits per heavy atom. The molecular formula is C14H17Cl2N3O2. The van der Waals surface area contributed by atoms with E-state index in [-0.39, 0.29) is 18.5 Å². The fourth-order valence-electron chi connectivity index (χ4n) is 2.20. The number of ether oxygens (including phenoxy) is 1. The van der Waals surface area contributed by atoms with Crippen molar-refractivity contribution in [3.8, 4) is 0 Å². The van der Waals surface area contributed by atoms with Crippen LogP contribution in [-0.4, -0.2) is 35.9 Å². The van der Waals surface area contributed by atoms with Crippen LogP contribution < -0.4 is 5.32 Å². The van der Waals surface area contributed by atoms with Gasteiger partial charge in [-0.15, -0.1) is 12.4 Å². The SMILES string of the molecule is Cl.Clc1ccccc1Cc1noc(CC2CNCCO2)n1. The molecule has 114 valence electrons. The summed E-state index contributed by atoms with van der Waals surface area (Å²) in [5, 5.41) is 8.00. The second-order valence-corrected chi connectivity index (χ2v) is 5.18. The molecule has 2 aromatic rings. The largest absolute Gasteiger partial charge is 0.375 e. The molecule has 0 amide bonds. The summed E-state index contributed by atoms with van der Waals surface area (Å²) < 4.78 is 10.9. The average Bonchev–Trinajstić information content (AvgIpc) is 2.90. The highest BCUT2D eigenvalue weighted by atomic mass is 35.5. The van der Waals surface area contributed by atoms with Gasteiger partial charge in [0.05, 0.1) is 19.1 Å². The van der Waals surface area contributed by atoms with Gasteiger partial charge in [-0.2, -0.15) is 4.98 Å². The van der Waals surface area contributed by atoms with E-state index in [4.69, 9.17) is 20.9 Å². The summed E-state index contributed by atoms with van der Waals surface area (Å²) in [4.78, 5) is 4.40. The number of nitrogens with one attached hydrogen (secondary N) is 1. The molecule has 5 nitrogen and oxygen atoms in total. The third-order valence-corrected chi connectivity index (χ3v) is 3.59. The molecule has 0 saturated carbocycles. The standard InChI is InChI=1S/C14H16ClN3O2.ClH/c15-12-4-2-1-3-10(12)7-13-17-14(20-18-13)8-11-9-16-5-6-19-11;/h1-4,11,16H,5-9H2;1H. The van der Waals surface area contributed by atoms with Gasteiger partial charge >= 0.3 is 0 Å². The molecule has 1 fully saturated rings. The van der Waals surface area contributed by atoms with Crippen LogP contribution in [0.25, 0.3) is 0 Å². The third kappa shape index (κ3) is 4.41. The van der Waals surface area contributed by atoms with E-state index >= 15 is 0 Å². The minimum atomic E-state index is 0. The fourth-order valence-corrected chi connectivity index (χ4v) is 2.41. The zero-order chi connectivity index (χ0) is 13.8. The first-order valence-corrected chi connectivity index (χ1v) is 7.06. The molecule has 1 atom stereocenters. The monoisotopic (exact) mass is 329 g/mol. The lowest BCUT2D eigenvalue weighted by Gasteiger charge is -2.21. The number of benzene rings is 1. The number of morpholine rings is 1. The van der Waals surface area contributed by atoms with Crippen LogP contribution in [0.2, 0.25) is 5.02 Å². The van der Waals surface area contributed by atoms with Crippen LogP contribution in [0.15, 0.2) is 28.8 Å². The molecule has 1 aliphatic heterocycles. The van der Waals surface area contributed by atoms with E-state index in [0.717, 1.165) is 30.3 Å². The fraction of sp³-hybridized carbons (Fsp3) is 0.429. The quantitative estimate of drug-likeness (QED) is 0.932. The number of hydrogen-bond acceptors (Lipinski definition) is 5. The molecule has 1 unspecified atom stereocenters. The lowest BCUT2D eigenvalue weighted by molar-refractivity contribution is 0.0246. The smallest absolute Gasteiger partial charge is 0.229 e. The predicted octanol–water partition coefficient (Wildman–Crippen LogP) is 2.27. The first kappa shape index (κ1) is 16.2. The van der Waals surface area contributed by atoms with Crippen molar-refractivity contribution in [1.29, 1.82) is 0 Å². The molecule has 1 aromatic heterocycles. The van der Waals surface area contributed by atoms with Gasteiger partial charge in [0, 0.05) is 24.5 Å². The summed E-state index contributed by atoms with van der Waals surface area (Å²) in [6.45, 7) is 2.45. The van der Waals surface area contributed by atoms with Gasteiger partial charge in [-0.1, -0.05) is 35.0 Å². The van der Waals surface area contributed by atoms with E-state index < -0.39 is 0 Å². The first-order valence-electron chi connectivity index (χ1n) is 6.68. The molecule has 2 heterocycles. The van der Waals surface area contributed by atoms with Gasteiger partial charge in [0.15, 0.2) is 5.82 Å². The average molecular weight is 330 g/mol. The van der Waals surface area contributed by atoms with Gasteiger partial charge in [0.25, 0.3) is 0 Å². The Balaban J connectivity index is 0.00000161. The van der Waals surface area contributed by atoms with Crippen molar-refractivity contribution in [1.82, 2.24) is 15.5 Å². The minimum Gasteiger partial charge on any atom is -0.375 e. The minimum absolute atomic E-state index is 0. The lowest BCUT2D eigenvalue weighted by atomic mass is 10.1. The van der Waals surface area contributed by atoms with Crippen molar-refractivity contribution < 1.29 is 9.26 Å². The summed E-state index contributed by atoms with van der Waals surface area (Å²) in [6, 6.07) is 7.68. The van der Waals surface area contributed by atoms with Crippen LogP contribution in [0.3, 0.4) is 0 Å². The Hall–Kier alpha value is -1.14. The molecule has 0 spiro atoms. The number of halogens is 2. The van der Waals surface area contributed by atoms with Gasteiger partial charge in [0.1, 0.15) is 0 Å². The summed E-state index contributed by atoms with van der Waals surface area (Å²) in [5.74, 6) is 1.26. The number of aromatic nitrogens is 2. The van der Waals surface area contributed by atoms with E-state index in [1.54, 1.807) is 0 Å². The normalized spacial score (nSPS) is 18.2. The Labute approximate surface area is 134 Å². The summed E-state index contributed by atoms with van der Waals surface area (Å²) in [5.41, 5.74) is 0.997. The highest BCUT2D eigenvalue weighted by Gasteiger charge is 2.18. The van der Waals surface area contributed by atoms with E-state index in [1.165, 1.54) is 0 Å². The van der Waals surface area contributed by atoms with Crippen molar-refractivity contribution in [3.05, 3.63) is 46.6 Å². The Kier molecular flexibility index (Phi) is 5.99. The topological polar surface area (TPSA) is 60.2 Å². The van der Waals surface area contributed by atoms with Gasteiger partial charge in [-0.05, 0) is 11.6 Å².